The average Bonchev–Trinajstić information content (AvgIpc) is 3.23. The highest BCUT2D eigenvalue weighted by atomic mass is 16.4. The number of allylic oxidation sites excluding steroid dienone is 2. The summed E-state index contributed by atoms with van der Waals surface area (Å²) >= 11 is 0. The van der Waals surface area contributed by atoms with Gasteiger partial charge in [-0.15, -0.1) is 0 Å². The number of aliphatic imine (C=N–C) groups is 1. The van der Waals surface area contributed by atoms with E-state index < -0.39 is 23.9 Å². The minimum absolute atomic E-state index is 0.0124. The van der Waals surface area contributed by atoms with Gasteiger partial charge in [0.2, 0.25) is 0 Å². The van der Waals surface area contributed by atoms with Crippen LogP contribution >= 0.6 is 0 Å². The molecule has 1 amide bonds. The Balaban J connectivity index is 1.85. The number of Topliss-reactive ketones (excluding diaryl/α,β-unsaturated/α-hetero) is 1. The number of aliphatic carboxylic acids is 1. The number of benzene rings is 1. The Bertz CT molecular complexity index is 824. The summed E-state index contributed by atoms with van der Waals surface area (Å²) in [5.41, 5.74) is 11.4. The summed E-state index contributed by atoms with van der Waals surface area (Å²) in [4.78, 5) is 39.5. The predicted octanol–water partition coefficient (Wildman–Crippen LogP) is 1.09. The molecule has 1 aromatic carbocycles. The van der Waals surface area contributed by atoms with Gasteiger partial charge in [-0.2, -0.15) is 0 Å². The molecule has 30 heavy (non-hydrogen) atoms. The largest absolute Gasteiger partial charge is 0.481 e. The second kappa shape index (κ2) is 11.1. The molecule has 0 saturated carbocycles. The topological polar surface area (TPSA) is 168 Å². The molecule has 0 aromatic heterocycles. The maximum absolute atomic E-state index is 12.3. The van der Waals surface area contributed by atoms with Crippen LogP contribution in [0, 0.1) is 11.8 Å². The lowest BCUT2D eigenvalue weighted by atomic mass is 9.84. The van der Waals surface area contributed by atoms with Crippen LogP contribution < -0.4 is 16.8 Å². The van der Waals surface area contributed by atoms with Crippen LogP contribution in [0.3, 0.4) is 0 Å². The van der Waals surface area contributed by atoms with Gasteiger partial charge in [-0.3, -0.25) is 14.4 Å². The lowest BCUT2D eigenvalue weighted by Crippen LogP contribution is -2.32. The number of amides is 1. The standard InChI is InChI=1S/C21H28N4O5/c22-21(23)25-16-7-3-6-15(10-16)20(30)24-12-17(26)9-8-14(11-18(27)28)19(29)13-4-1-2-5-13/h1-3,6-7,10,13-14,19,29H,4-5,8-9,11-12H2,(H,24,30)(H,27,28)(H4,22,23,25). The third-order valence-electron chi connectivity index (χ3n) is 5.05. The number of guanidine groups is 1. The first-order valence-corrected chi connectivity index (χ1v) is 9.80. The van der Waals surface area contributed by atoms with Crippen LogP contribution in [0.1, 0.15) is 42.5 Å². The van der Waals surface area contributed by atoms with Crippen molar-refractivity contribution in [3.8, 4) is 0 Å². The number of carbonyl (C=O) groups is 3. The average molecular weight is 416 g/mol. The molecule has 0 radical (unpaired) electrons. The van der Waals surface area contributed by atoms with E-state index in [1.54, 1.807) is 18.2 Å². The van der Waals surface area contributed by atoms with Crippen LogP contribution in [-0.2, 0) is 9.59 Å². The smallest absolute Gasteiger partial charge is 0.303 e. The molecule has 1 aromatic rings. The van der Waals surface area contributed by atoms with Gasteiger partial charge >= 0.3 is 5.97 Å². The van der Waals surface area contributed by atoms with Gasteiger partial charge in [0.05, 0.1) is 24.8 Å². The van der Waals surface area contributed by atoms with Gasteiger partial charge in [0, 0.05) is 12.0 Å². The van der Waals surface area contributed by atoms with E-state index in [9.17, 15) is 19.5 Å². The van der Waals surface area contributed by atoms with Crippen LogP contribution in [0.25, 0.3) is 0 Å². The molecule has 0 fully saturated rings. The third-order valence-corrected chi connectivity index (χ3v) is 5.05. The maximum Gasteiger partial charge on any atom is 0.303 e. The van der Waals surface area contributed by atoms with E-state index in [4.69, 9.17) is 16.6 Å². The molecule has 7 N–H and O–H groups in total. The van der Waals surface area contributed by atoms with Crippen molar-refractivity contribution in [2.45, 2.75) is 38.2 Å². The number of carbonyl (C=O) groups excluding carboxylic acids is 2. The first-order valence-electron chi connectivity index (χ1n) is 9.80. The van der Waals surface area contributed by atoms with Gasteiger partial charge in [0.15, 0.2) is 11.7 Å². The molecule has 9 nitrogen and oxygen atoms in total. The fourth-order valence-corrected chi connectivity index (χ4v) is 3.50. The first kappa shape index (κ1) is 23.1. The minimum Gasteiger partial charge on any atom is -0.481 e. The zero-order valence-electron chi connectivity index (χ0n) is 16.7. The monoisotopic (exact) mass is 416 g/mol. The van der Waals surface area contributed by atoms with E-state index in [0.29, 0.717) is 24.1 Å². The quantitative estimate of drug-likeness (QED) is 0.204. The molecule has 0 heterocycles. The highest BCUT2D eigenvalue weighted by molar-refractivity contribution is 5.97. The molecule has 2 unspecified atom stereocenters. The first-order chi connectivity index (χ1) is 14.3. The van der Waals surface area contributed by atoms with Gasteiger partial charge in [-0.25, -0.2) is 4.99 Å². The van der Waals surface area contributed by atoms with Crippen LogP contribution in [-0.4, -0.2) is 46.5 Å². The summed E-state index contributed by atoms with van der Waals surface area (Å²) in [5, 5.41) is 22.2. The summed E-state index contributed by atoms with van der Waals surface area (Å²) < 4.78 is 0. The van der Waals surface area contributed by atoms with Crippen molar-refractivity contribution in [2.24, 2.45) is 28.3 Å². The summed E-state index contributed by atoms with van der Waals surface area (Å²) in [6.07, 6.45) is 4.69. The molecular formula is C21H28N4O5. The lowest BCUT2D eigenvalue weighted by Gasteiger charge is -2.26. The number of nitrogens with one attached hydrogen (secondary N) is 1. The number of hydrogen-bond acceptors (Lipinski definition) is 5. The van der Waals surface area contributed by atoms with Crippen molar-refractivity contribution in [3.05, 3.63) is 42.0 Å². The maximum atomic E-state index is 12.3. The number of nitrogens with zero attached hydrogens (tertiary/aromatic N) is 1. The third kappa shape index (κ3) is 7.32. The number of carboxylic acids is 1. The lowest BCUT2D eigenvalue weighted by molar-refractivity contribution is -0.140. The van der Waals surface area contributed by atoms with Crippen LogP contribution in [0.4, 0.5) is 5.69 Å². The molecule has 1 aliphatic carbocycles. The van der Waals surface area contributed by atoms with Gasteiger partial charge < -0.3 is 27.0 Å². The van der Waals surface area contributed by atoms with E-state index in [1.165, 1.54) is 6.07 Å². The number of carboxylic acid groups (broad SMARTS) is 1. The Morgan fingerprint density at radius 3 is 2.53 bits per heavy atom. The van der Waals surface area contributed by atoms with E-state index in [-0.39, 0.29) is 43.5 Å². The number of hydrogen-bond donors (Lipinski definition) is 5. The van der Waals surface area contributed by atoms with Gasteiger partial charge in [-0.1, -0.05) is 18.2 Å². The second-order valence-electron chi connectivity index (χ2n) is 7.40. The van der Waals surface area contributed by atoms with E-state index >= 15 is 0 Å². The molecule has 0 saturated heterocycles. The number of aliphatic hydroxyl groups is 1. The van der Waals surface area contributed by atoms with E-state index in [2.05, 4.69) is 10.3 Å². The van der Waals surface area contributed by atoms with Crippen LogP contribution in [0.15, 0.2) is 41.4 Å². The molecule has 0 aliphatic heterocycles. The number of ketones is 1. The highest BCUT2D eigenvalue weighted by Crippen LogP contribution is 2.30. The predicted molar refractivity (Wildman–Crippen MR) is 112 cm³/mol. The molecule has 0 spiro atoms. The van der Waals surface area contributed by atoms with Crippen LogP contribution in [0.5, 0.6) is 0 Å². The van der Waals surface area contributed by atoms with Crippen molar-refractivity contribution in [1.29, 1.82) is 0 Å². The van der Waals surface area contributed by atoms with Crippen molar-refractivity contribution < 1.29 is 24.6 Å². The van der Waals surface area contributed by atoms with Gasteiger partial charge in [0.1, 0.15) is 0 Å². The Kier molecular flexibility index (Phi) is 8.54. The zero-order chi connectivity index (χ0) is 22.1. The fourth-order valence-electron chi connectivity index (χ4n) is 3.50. The molecule has 0 bridgehead atoms. The Morgan fingerprint density at radius 2 is 1.90 bits per heavy atom. The van der Waals surface area contributed by atoms with E-state index in [0.717, 1.165) is 0 Å². The van der Waals surface area contributed by atoms with Crippen molar-refractivity contribution in [2.75, 3.05) is 6.54 Å². The Morgan fingerprint density at radius 1 is 1.20 bits per heavy atom. The number of nitrogens with two attached hydrogens (primary N) is 2. The van der Waals surface area contributed by atoms with Gasteiger partial charge in [-0.05, 0) is 49.3 Å². The van der Waals surface area contributed by atoms with Crippen LogP contribution in [0.2, 0.25) is 0 Å². The molecule has 162 valence electrons. The summed E-state index contributed by atoms with van der Waals surface area (Å²) in [6, 6.07) is 6.32. The van der Waals surface area contributed by atoms with Crippen molar-refractivity contribution in [3.63, 3.8) is 0 Å². The summed E-state index contributed by atoms with van der Waals surface area (Å²) in [5.74, 6) is -2.35. The van der Waals surface area contributed by atoms with Crippen molar-refractivity contribution in [1.82, 2.24) is 5.32 Å². The zero-order valence-corrected chi connectivity index (χ0v) is 16.7. The summed E-state index contributed by atoms with van der Waals surface area (Å²) in [7, 11) is 0. The molecule has 1 aliphatic rings. The molecule has 9 heteroatoms. The van der Waals surface area contributed by atoms with Gasteiger partial charge in [0.25, 0.3) is 5.91 Å². The fraction of sp³-hybridized carbons (Fsp3) is 0.429. The SMILES string of the molecule is NC(N)=Nc1cccc(C(=O)NCC(=O)CCC(CC(=O)O)C(O)C2CC=CC2)c1. The molecule has 2 atom stereocenters. The second-order valence-corrected chi connectivity index (χ2v) is 7.40. The Labute approximate surface area is 174 Å². The molecule has 2 rings (SSSR count). The summed E-state index contributed by atoms with van der Waals surface area (Å²) in [6.45, 7) is -0.188. The number of rotatable bonds is 11. The number of aliphatic hydroxyl groups excluding tert-OH is 1. The minimum atomic E-state index is -1.01. The normalized spacial score (nSPS) is 15.4. The molecular weight excluding hydrogens is 388 g/mol. The Hall–Kier alpha value is -3.20. The van der Waals surface area contributed by atoms with E-state index in [1.807, 2.05) is 12.2 Å². The van der Waals surface area contributed by atoms with Crippen molar-refractivity contribution >= 4 is 29.3 Å². The highest BCUT2D eigenvalue weighted by Gasteiger charge is 2.30.